The first kappa shape index (κ1) is 13.6. The van der Waals surface area contributed by atoms with Crippen molar-refractivity contribution in [3.05, 3.63) is 76.1 Å². The van der Waals surface area contributed by atoms with Gasteiger partial charge in [-0.25, -0.2) is 4.68 Å². The fourth-order valence-corrected chi connectivity index (χ4v) is 2.89. The summed E-state index contributed by atoms with van der Waals surface area (Å²) in [5.74, 6) is 0.111. The second-order valence-electron chi connectivity index (χ2n) is 5.50. The number of nitrogens with one attached hydrogen (secondary N) is 1. The molecule has 1 aliphatic rings. The number of hydrogen-bond acceptors (Lipinski definition) is 3. The zero-order valence-electron chi connectivity index (χ0n) is 12.4. The first-order chi connectivity index (χ1) is 11.2. The highest BCUT2D eigenvalue weighted by Gasteiger charge is 2.27. The molecule has 6 heteroatoms. The lowest BCUT2D eigenvalue weighted by Gasteiger charge is -2.25. The van der Waals surface area contributed by atoms with Crippen molar-refractivity contribution in [1.82, 2.24) is 14.7 Å². The van der Waals surface area contributed by atoms with E-state index >= 15 is 0 Å². The van der Waals surface area contributed by atoms with Gasteiger partial charge in [-0.05, 0) is 24.3 Å². The van der Waals surface area contributed by atoms with Crippen LogP contribution in [0.3, 0.4) is 0 Å². The Morgan fingerprint density at radius 1 is 1.13 bits per heavy atom. The maximum Gasteiger partial charge on any atom is 0.289 e. The minimum absolute atomic E-state index is 0.108. The minimum atomic E-state index is -0.187. The normalized spacial score (nSPS) is 13.8. The Bertz CT molecular complexity index is 891. The van der Waals surface area contributed by atoms with Crippen LogP contribution in [-0.4, -0.2) is 27.1 Å². The van der Waals surface area contributed by atoms with Crippen LogP contribution in [-0.2, 0) is 13.0 Å². The molecular formula is C17H15N3O3. The maximum atomic E-state index is 12.6. The van der Waals surface area contributed by atoms with Crippen molar-refractivity contribution in [2.24, 2.45) is 0 Å². The SMILES string of the molecule is O=C(c1ccco1)N1CCc2[nH]n(-c3ccccc3)c(=O)c2C1. The standard InChI is InChI=1S/C17H15N3O3/c21-16-13-11-19(17(22)15-7-4-10-23-15)9-8-14(13)18-20(16)12-5-2-1-3-6-12/h1-7,10,18H,8-9,11H2. The summed E-state index contributed by atoms with van der Waals surface area (Å²) in [6.45, 7) is 0.852. The van der Waals surface area contributed by atoms with Crippen LogP contribution in [0.5, 0.6) is 0 Å². The van der Waals surface area contributed by atoms with Gasteiger partial charge in [0.2, 0.25) is 0 Å². The summed E-state index contributed by atoms with van der Waals surface area (Å²) >= 11 is 0. The highest BCUT2D eigenvalue weighted by atomic mass is 16.3. The lowest BCUT2D eigenvalue weighted by Crippen LogP contribution is -2.37. The largest absolute Gasteiger partial charge is 0.459 e. The van der Waals surface area contributed by atoms with E-state index in [-0.39, 0.29) is 11.5 Å². The van der Waals surface area contributed by atoms with Gasteiger partial charge in [-0.1, -0.05) is 18.2 Å². The third-order valence-corrected chi connectivity index (χ3v) is 4.09. The predicted octanol–water partition coefficient (Wildman–Crippen LogP) is 1.96. The summed E-state index contributed by atoms with van der Waals surface area (Å²) in [5.41, 5.74) is 2.21. The third-order valence-electron chi connectivity index (χ3n) is 4.09. The highest BCUT2D eigenvalue weighted by Crippen LogP contribution is 2.18. The zero-order chi connectivity index (χ0) is 15.8. The lowest BCUT2D eigenvalue weighted by atomic mass is 10.1. The van der Waals surface area contributed by atoms with Crippen LogP contribution in [0.15, 0.2) is 57.9 Å². The van der Waals surface area contributed by atoms with E-state index in [9.17, 15) is 9.59 Å². The molecule has 0 spiro atoms. The molecule has 0 atom stereocenters. The van der Waals surface area contributed by atoms with Gasteiger partial charge in [0.05, 0.1) is 24.1 Å². The van der Waals surface area contributed by atoms with Gasteiger partial charge < -0.3 is 9.32 Å². The molecule has 3 heterocycles. The Labute approximate surface area is 131 Å². The number of hydrogen-bond donors (Lipinski definition) is 1. The van der Waals surface area contributed by atoms with Crippen LogP contribution in [0.1, 0.15) is 21.8 Å². The predicted molar refractivity (Wildman–Crippen MR) is 83.5 cm³/mol. The van der Waals surface area contributed by atoms with Crippen molar-refractivity contribution in [1.29, 1.82) is 0 Å². The van der Waals surface area contributed by atoms with E-state index in [1.165, 1.54) is 10.9 Å². The molecule has 0 aliphatic carbocycles. The number of amides is 1. The Kier molecular flexibility index (Phi) is 3.15. The van der Waals surface area contributed by atoms with Gasteiger partial charge in [-0.3, -0.25) is 14.7 Å². The van der Waals surface area contributed by atoms with E-state index in [0.29, 0.717) is 30.8 Å². The van der Waals surface area contributed by atoms with E-state index in [4.69, 9.17) is 4.42 Å². The van der Waals surface area contributed by atoms with Crippen molar-refractivity contribution in [3.8, 4) is 5.69 Å². The Balaban J connectivity index is 1.67. The van der Waals surface area contributed by atoms with Crippen molar-refractivity contribution >= 4 is 5.91 Å². The topological polar surface area (TPSA) is 71.2 Å². The van der Waals surface area contributed by atoms with E-state index in [0.717, 1.165) is 11.4 Å². The molecule has 0 saturated carbocycles. The van der Waals surface area contributed by atoms with E-state index in [1.54, 1.807) is 17.0 Å². The number of benzene rings is 1. The molecule has 6 nitrogen and oxygen atoms in total. The lowest BCUT2D eigenvalue weighted by molar-refractivity contribution is 0.0701. The summed E-state index contributed by atoms with van der Waals surface area (Å²) in [6, 6.07) is 12.7. The molecule has 1 amide bonds. The summed E-state index contributed by atoms with van der Waals surface area (Å²) in [7, 11) is 0. The second kappa shape index (κ2) is 5.31. The van der Waals surface area contributed by atoms with Crippen LogP contribution in [0, 0.1) is 0 Å². The number of rotatable bonds is 2. The molecule has 0 unspecified atom stereocenters. The fourth-order valence-electron chi connectivity index (χ4n) is 2.89. The molecule has 3 aromatic rings. The van der Waals surface area contributed by atoms with Crippen LogP contribution in [0.2, 0.25) is 0 Å². The highest BCUT2D eigenvalue weighted by molar-refractivity contribution is 5.91. The first-order valence-electron chi connectivity index (χ1n) is 7.45. The number of aromatic amines is 1. The van der Waals surface area contributed by atoms with Crippen molar-refractivity contribution in [2.75, 3.05) is 6.54 Å². The summed E-state index contributed by atoms with van der Waals surface area (Å²) in [4.78, 5) is 26.7. The molecule has 4 rings (SSSR count). The van der Waals surface area contributed by atoms with Gasteiger partial charge in [-0.15, -0.1) is 0 Å². The molecule has 0 fully saturated rings. The van der Waals surface area contributed by atoms with Crippen LogP contribution in [0.25, 0.3) is 5.69 Å². The van der Waals surface area contributed by atoms with E-state index in [1.807, 2.05) is 30.3 Å². The molecule has 0 bridgehead atoms. The quantitative estimate of drug-likeness (QED) is 0.786. The summed E-state index contributed by atoms with van der Waals surface area (Å²) in [6.07, 6.45) is 2.10. The Hall–Kier alpha value is -3.02. The number of fused-ring (bicyclic) bond motifs is 1. The summed E-state index contributed by atoms with van der Waals surface area (Å²) in [5, 5.41) is 3.16. The van der Waals surface area contributed by atoms with Crippen molar-refractivity contribution in [2.45, 2.75) is 13.0 Å². The van der Waals surface area contributed by atoms with Crippen molar-refractivity contribution < 1.29 is 9.21 Å². The number of nitrogens with zero attached hydrogens (tertiary/aromatic N) is 2. The van der Waals surface area contributed by atoms with Crippen LogP contribution >= 0.6 is 0 Å². The van der Waals surface area contributed by atoms with E-state index in [2.05, 4.69) is 5.10 Å². The molecule has 23 heavy (non-hydrogen) atoms. The van der Waals surface area contributed by atoms with E-state index < -0.39 is 0 Å². The molecule has 1 N–H and O–H groups in total. The van der Waals surface area contributed by atoms with Gasteiger partial charge in [0.1, 0.15) is 0 Å². The minimum Gasteiger partial charge on any atom is -0.459 e. The Morgan fingerprint density at radius 3 is 2.70 bits per heavy atom. The fraction of sp³-hybridized carbons (Fsp3) is 0.176. The molecule has 1 aromatic carbocycles. The second-order valence-corrected chi connectivity index (χ2v) is 5.50. The van der Waals surface area contributed by atoms with Crippen LogP contribution < -0.4 is 5.56 Å². The van der Waals surface area contributed by atoms with Gasteiger partial charge >= 0.3 is 0 Å². The maximum absolute atomic E-state index is 12.6. The smallest absolute Gasteiger partial charge is 0.289 e. The van der Waals surface area contributed by atoms with Gasteiger partial charge in [0.25, 0.3) is 11.5 Å². The van der Waals surface area contributed by atoms with Crippen molar-refractivity contribution in [3.63, 3.8) is 0 Å². The number of carbonyl (C=O) groups is 1. The number of furan rings is 1. The average Bonchev–Trinajstić information content (AvgIpc) is 3.23. The third kappa shape index (κ3) is 2.28. The average molecular weight is 309 g/mol. The Morgan fingerprint density at radius 2 is 1.96 bits per heavy atom. The van der Waals surface area contributed by atoms with Gasteiger partial charge in [0, 0.05) is 18.7 Å². The first-order valence-corrected chi connectivity index (χ1v) is 7.45. The number of aromatic nitrogens is 2. The molecule has 2 aromatic heterocycles. The van der Waals surface area contributed by atoms with Crippen LogP contribution in [0.4, 0.5) is 0 Å². The zero-order valence-corrected chi connectivity index (χ0v) is 12.4. The number of carbonyl (C=O) groups excluding carboxylic acids is 1. The van der Waals surface area contributed by atoms with Gasteiger partial charge in [0.15, 0.2) is 5.76 Å². The number of H-pyrrole nitrogens is 1. The monoisotopic (exact) mass is 309 g/mol. The summed E-state index contributed by atoms with van der Waals surface area (Å²) < 4.78 is 6.69. The molecule has 1 aliphatic heterocycles. The molecule has 116 valence electrons. The molecule has 0 radical (unpaired) electrons. The molecule has 0 saturated heterocycles. The number of para-hydroxylation sites is 1. The molecular weight excluding hydrogens is 294 g/mol. The van der Waals surface area contributed by atoms with Gasteiger partial charge in [-0.2, -0.15) is 0 Å².